The van der Waals surface area contributed by atoms with Gasteiger partial charge in [-0.3, -0.25) is 10.1 Å². The van der Waals surface area contributed by atoms with Gasteiger partial charge >= 0.3 is 0 Å². The van der Waals surface area contributed by atoms with Crippen molar-refractivity contribution in [3.63, 3.8) is 0 Å². The number of nitrogens with one attached hydrogen (secondary N) is 1. The number of thiazole rings is 1. The van der Waals surface area contributed by atoms with Crippen molar-refractivity contribution in [1.82, 2.24) is 4.98 Å². The molecular weight excluding hydrogens is 315 g/mol. The van der Waals surface area contributed by atoms with Crippen LogP contribution in [-0.2, 0) is 11.2 Å². The fourth-order valence-corrected chi connectivity index (χ4v) is 3.05. The average molecular weight is 330 g/mol. The Hall–Kier alpha value is -2.47. The summed E-state index contributed by atoms with van der Waals surface area (Å²) in [6.07, 6.45) is 0.955. The van der Waals surface area contributed by atoms with Crippen LogP contribution in [0.25, 0.3) is 10.2 Å². The van der Waals surface area contributed by atoms with Gasteiger partial charge in [0.15, 0.2) is 11.7 Å². The number of halogens is 1. The third kappa shape index (κ3) is 3.84. The minimum absolute atomic E-state index is 0.195. The Morgan fingerprint density at radius 3 is 2.96 bits per heavy atom. The molecule has 0 saturated carbocycles. The number of amides is 1. The fraction of sp³-hybridized carbons (Fsp3) is 0.176. The lowest BCUT2D eigenvalue weighted by Gasteiger charge is -2.05. The number of rotatable bonds is 5. The number of fused-ring (bicyclic) bond motifs is 1. The van der Waals surface area contributed by atoms with Crippen LogP contribution in [0.4, 0.5) is 9.52 Å². The highest BCUT2D eigenvalue weighted by atomic mass is 32.1. The van der Waals surface area contributed by atoms with E-state index in [1.54, 1.807) is 6.07 Å². The van der Waals surface area contributed by atoms with E-state index < -0.39 is 5.82 Å². The van der Waals surface area contributed by atoms with Gasteiger partial charge in [-0.05, 0) is 36.2 Å². The zero-order valence-electron chi connectivity index (χ0n) is 12.5. The standard InChI is InChI=1S/C17H15FN2O2S/c1-2-11-6-7-14-15(8-11)23-17(19-14)20-16(21)10-22-13-5-3-4-12(18)9-13/h3-9H,2,10H2,1H3,(H,19,20,21). The first-order valence-corrected chi connectivity index (χ1v) is 8.03. The van der Waals surface area contributed by atoms with Crippen LogP contribution in [0.3, 0.4) is 0 Å². The Morgan fingerprint density at radius 1 is 1.30 bits per heavy atom. The lowest BCUT2D eigenvalue weighted by Crippen LogP contribution is -2.20. The number of aromatic nitrogens is 1. The molecule has 1 N–H and O–H groups in total. The molecule has 0 atom stereocenters. The van der Waals surface area contributed by atoms with Crippen molar-refractivity contribution in [1.29, 1.82) is 0 Å². The summed E-state index contributed by atoms with van der Waals surface area (Å²) in [5.74, 6) is -0.415. The van der Waals surface area contributed by atoms with Gasteiger partial charge in [0, 0.05) is 6.07 Å². The number of nitrogens with zero attached hydrogens (tertiary/aromatic N) is 1. The maximum absolute atomic E-state index is 13.0. The number of anilines is 1. The first kappa shape index (κ1) is 15.4. The number of benzene rings is 2. The van der Waals surface area contributed by atoms with Gasteiger partial charge in [-0.25, -0.2) is 9.37 Å². The van der Waals surface area contributed by atoms with Crippen LogP contribution in [-0.4, -0.2) is 17.5 Å². The Labute approximate surface area is 136 Å². The molecular formula is C17H15FN2O2S. The quantitative estimate of drug-likeness (QED) is 0.769. The van der Waals surface area contributed by atoms with Gasteiger partial charge in [-0.15, -0.1) is 0 Å². The molecule has 1 amide bonds. The summed E-state index contributed by atoms with van der Waals surface area (Å²) in [5.41, 5.74) is 2.09. The number of aryl methyl sites for hydroxylation is 1. The minimum atomic E-state index is -0.402. The van der Waals surface area contributed by atoms with E-state index in [0.29, 0.717) is 10.9 Å². The molecule has 3 aromatic rings. The normalized spacial score (nSPS) is 10.7. The Balaban J connectivity index is 1.63. The third-order valence-corrected chi connectivity index (χ3v) is 4.21. The fourth-order valence-electron chi connectivity index (χ4n) is 2.10. The first-order chi connectivity index (χ1) is 11.1. The molecule has 6 heteroatoms. The smallest absolute Gasteiger partial charge is 0.264 e. The summed E-state index contributed by atoms with van der Waals surface area (Å²) in [4.78, 5) is 16.3. The van der Waals surface area contributed by atoms with Crippen molar-refractivity contribution in [2.24, 2.45) is 0 Å². The number of hydrogen-bond acceptors (Lipinski definition) is 4. The van der Waals surface area contributed by atoms with Gasteiger partial charge in [0.2, 0.25) is 0 Å². The summed E-state index contributed by atoms with van der Waals surface area (Å²) in [5, 5.41) is 3.23. The molecule has 1 aromatic heterocycles. The minimum Gasteiger partial charge on any atom is -0.484 e. The van der Waals surface area contributed by atoms with E-state index in [2.05, 4.69) is 23.3 Å². The predicted octanol–water partition coefficient (Wildman–Crippen LogP) is 4.02. The molecule has 0 aliphatic rings. The van der Waals surface area contributed by atoms with Crippen LogP contribution < -0.4 is 10.1 Å². The van der Waals surface area contributed by atoms with Crippen LogP contribution in [0, 0.1) is 5.82 Å². The largest absolute Gasteiger partial charge is 0.484 e. The van der Waals surface area contributed by atoms with Crippen LogP contribution in [0.5, 0.6) is 5.75 Å². The molecule has 0 fully saturated rings. The van der Waals surface area contributed by atoms with Crippen molar-refractivity contribution < 1.29 is 13.9 Å². The van der Waals surface area contributed by atoms with Crippen molar-refractivity contribution in [3.8, 4) is 5.75 Å². The molecule has 0 bridgehead atoms. The Morgan fingerprint density at radius 2 is 2.17 bits per heavy atom. The van der Waals surface area contributed by atoms with Crippen molar-refractivity contribution in [2.45, 2.75) is 13.3 Å². The molecule has 4 nitrogen and oxygen atoms in total. The summed E-state index contributed by atoms with van der Waals surface area (Å²) in [6, 6.07) is 11.7. The molecule has 0 saturated heterocycles. The highest BCUT2D eigenvalue weighted by Crippen LogP contribution is 2.27. The van der Waals surface area contributed by atoms with Gasteiger partial charge in [0.25, 0.3) is 5.91 Å². The van der Waals surface area contributed by atoms with E-state index in [-0.39, 0.29) is 12.5 Å². The molecule has 2 aromatic carbocycles. The Kier molecular flexibility index (Phi) is 4.52. The van der Waals surface area contributed by atoms with Crippen molar-refractivity contribution >= 4 is 32.6 Å². The summed E-state index contributed by atoms with van der Waals surface area (Å²) in [7, 11) is 0. The number of hydrogen-bond donors (Lipinski definition) is 1. The lowest BCUT2D eigenvalue weighted by atomic mass is 10.2. The van der Waals surface area contributed by atoms with Crippen LogP contribution in [0.2, 0.25) is 0 Å². The summed E-state index contributed by atoms with van der Waals surface area (Å²) < 4.78 is 19.3. The highest BCUT2D eigenvalue weighted by molar-refractivity contribution is 7.22. The van der Waals surface area contributed by atoms with Crippen LogP contribution in [0.15, 0.2) is 42.5 Å². The van der Waals surface area contributed by atoms with E-state index in [1.165, 1.54) is 35.1 Å². The number of ether oxygens (including phenoxy) is 1. The van der Waals surface area contributed by atoms with E-state index >= 15 is 0 Å². The predicted molar refractivity (Wildman–Crippen MR) is 89.5 cm³/mol. The van der Waals surface area contributed by atoms with Gasteiger partial charge in [-0.2, -0.15) is 0 Å². The van der Waals surface area contributed by atoms with E-state index in [0.717, 1.165) is 16.6 Å². The lowest BCUT2D eigenvalue weighted by molar-refractivity contribution is -0.118. The third-order valence-electron chi connectivity index (χ3n) is 3.27. The maximum atomic E-state index is 13.0. The van der Waals surface area contributed by atoms with Crippen LogP contribution >= 0.6 is 11.3 Å². The van der Waals surface area contributed by atoms with E-state index in [9.17, 15) is 9.18 Å². The first-order valence-electron chi connectivity index (χ1n) is 7.21. The number of carbonyl (C=O) groups is 1. The van der Waals surface area contributed by atoms with Crippen LogP contribution in [0.1, 0.15) is 12.5 Å². The zero-order chi connectivity index (χ0) is 16.2. The number of carbonyl (C=O) groups excluding carboxylic acids is 1. The maximum Gasteiger partial charge on any atom is 0.264 e. The zero-order valence-corrected chi connectivity index (χ0v) is 13.3. The Bertz CT molecular complexity index is 847. The van der Waals surface area contributed by atoms with Gasteiger partial charge < -0.3 is 4.74 Å². The monoisotopic (exact) mass is 330 g/mol. The van der Waals surface area contributed by atoms with E-state index in [1.807, 2.05) is 12.1 Å². The molecule has 3 rings (SSSR count). The molecule has 23 heavy (non-hydrogen) atoms. The van der Waals surface area contributed by atoms with Crippen molar-refractivity contribution in [2.75, 3.05) is 11.9 Å². The molecule has 0 unspecified atom stereocenters. The second-order valence-corrected chi connectivity index (χ2v) is 6.00. The van der Waals surface area contributed by atoms with Gasteiger partial charge in [0.05, 0.1) is 10.2 Å². The summed E-state index contributed by atoms with van der Waals surface area (Å²) in [6.45, 7) is 1.90. The highest BCUT2D eigenvalue weighted by Gasteiger charge is 2.09. The average Bonchev–Trinajstić information content (AvgIpc) is 2.94. The van der Waals surface area contributed by atoms with Gasteiger partial charge in [-0.1, -0.05) is 30.4 Å². The molecule has 0 radical (unpaired) electrons. The topological polar surface area (TPSA) is 51.2 Å². The molecule has 1 heterocycles. The summed E-state index contributed by atoms with van der Waals surface area (Å²) >= 11 is 1.42. The second kappa shape index (κ2) is 6.75. The molecule has 118 valence electrons. The SMILES string of the molecule is CCc1ccc2nc(NC(=O)COc3cccc(F)c3)sc2c1. The van der Waals surface area contributed by atoms with Crippen molar-refractivity contribution in [3.05, 3.63) is 53.8 Å². The van der Waals surface area contributed by atoms with Gasteiger partial charge in [0.1, 0.15) is 11.6 Å². The van der Waals surface area contributed by atoms with E-state index in [4.69, 9.17) is 4.74 Å². The second-order valence-electron chi connectivity index (χ2n) is 4.97. The molecule has 0 spiro atoms. The molecule has 0 aliphatic heterocycles. The molecule has 0 aliphatic carbocycles.